The summed E-state index contributed by atoms with van der Waals surface area (Å²) in [6, 6.07) is 0. The molecule has 1 amide bonds. The molecule has 4 nitrogen and oxygen atoms in total. The normalized spacial score (nSPS) is 20.5. The van der Waals surface area contributed by atoms with Gasteiger partial charge in [-0.3, -0.25) is 4.79 Å². The van der Waals surface area contributed by atoms with Crippen molar-refractivity contribution >= 4 is 5.91 Å². The molecule has 0 radical (unpaired) electrons. The second kappa shape index (κ2) is 1.90. The molecule has 1 saturated heterocycles. The van der Waals surface area contributed by atoms with Crippen LogP contribution in [-0.4, -0.2) is 30.3 Å². The van der Waals surface area contributed by atoms with Gasteiger partial charge in [-0.25, -0.2) is 0 Å². The van der Waals surface area contributed by atoms with Gasteiger partial charge in [0.05, 0.1) is 6.54 Å². The van der Waals surface area contributed by atoms with E-state index in [4.69, 9.17) is 0 Å². The van der Waals surface area contributed by atoms with Crippen molar-refractivity contribution in [1.29, 1.82) is 0 Å². The standard InChI is InChI=1S/C4H6N2O2/c7-4-3-6(8)2-1-5-4/h1-3H2/p+1. The van der Waals surface area contributed by atoms with E-state index in [1.54, 1.807) is 0 Å². The molecule has 1 aliphatic heterocycles. The number of nitrogens with one attached hydrogen (secondary N) is 1. The number of piperazine rings is 1. The van der Waals surface area contributed by atoms with Crippen molar-refractivity contribution in [2.45, 2.75) is 0 Å². The van der Waals surface area contributed by atoms with Crippen molar-refractivity contribution in [1.82, 2.24) is 5.32 Å². The smallest absolute Gasteiger partial charge is 0.290 e. The maximum absolute atomic E-state index is 10.3. The van der Waals surface area contributed by atoms with Crippen LogP contribution >= 0.6 is 0 Å². The topological polar surface area (TPSA) is 49.2 Å². The predicted molar refractivity (Wildman–Crippen MR) is 26.4 cm³/mol. The summed E-state index contributed by atoms with van der Waals surface area (Å²) in [5, 5.41) is 2.53. The molecule has 1 rings (SSSR count). The first kappa shape index (κ1) is 5.21. The molecule has 0 aromatic carbocycles. The van der Waals surface area contributed by atoms with E-state index in [9.17, 15) is 9.70 Å². The van der Waals surface area contributed by atoms with Crippen molar-refractivity contribution in [2.24, 2.45) is 0 Å². The first-order valence-electron chi connectivity index (χ1n) is 2.48. The molecule has 0 unspecified atom stereocenters. The molecular formula is C4H7N2O2+. The number of hydrogen-bond acceptors (Lipinski definition) is 2. The van der Waals surface area contributed by atoms with Gasteiger partial charge in [-0.1, -0.05) is 0 Å². The summed E-state index contributed by atoms with van der Waals surface area (Å²) in [6.45, 7) is 0.911. The molecular weight excluding hydrogens is 108 g/mol. The van der Waals surface area contributed by atoms with Gasteiger partial charge in [0.1, 0.15) is 0 Å². The van der Waals surface area contributed by atoms with E-state index in [1.807, 2.05) is 0 Å². The van der Waals surface area contributed by atoms with Crippen molar-refractivity contribution in [3.63, 3.8) is 0 Å². The maximum atomic E-state index is 10.3. The van der Waals surface area contributed by atoms with Crippen molar-refractivity contribution in [3.8, 4) is 0 Å². The Bertz CT molecular complexity index is 118. The van der Waals surface area contributed by atoms with Crippen LogP contribution in [0.25, 0.3) is 0 Å². The Balaban J connectivity index is 2.45. The third-order valence-electron chi connectivity index (χ3n) is 1.00. The molecule has 0 bridgehead atoms. The van der Waals surface area contributed by atoms with E-state index < -0.39 is 0 Å². The second-order valence-electron chi connectivity index (χ2n) is 1.71. The zero-order chi connectivity index (χ0) is 5.98. The van der Waals surface area contributed by atoms with E-state index >= 15 is 0 Å². The fraction of sp³-hybridized carbons (Fsp3) is 0.750. The zero-order valence-electron chi connectivity index (χ0n) is 4.39. The average Bonchev–Trinajstić information content (AvgIpc) is 1.64. The Morgan fingerprint density at radius 3 is 2.75 bits per heavy atom. The highest BCUT2D eigenvalue weighted by Crippen LogP contribution is 1.80. The molecule has 0 spiro atoms. The average molecular weight is 115 g/mol. The largest absolute Gasteiger partial charge is 0.344 e. The van der Waals surface area contributed by atoms with Gasteiger partial charge in [0.15, 0.2) is 0 Å². The molecule has 0 aromatic heterocycles. The molecule has 0 saturated carbocycles. The van der Waals surface area contributed by atoms with Crippen LogP contribution in [0.15, 0.2) is 0 Å². The van der Waals surface area contributed by atoms with Crippen LogP contribution in [0, 0.1) is 4.91 Å². The van der Waals surface area contributed by atoms with Crippen LogP contribution in [0.2, 0.25) is 0 Å². The fourth-order valence-electron chi connectivity index (χ4n) is 0.615. The summed E-state index contributed by atoms with van der Waals surface area (Å²) >= 11 is 0. The number of nitroso groups, excluding NO2 is 1. The number of carbonyl (C=O) groups is 1. The number of amides is 1. The van der Waals surface area contributed by atoms with Gasteiger partial charge >= 0.3 is 0 Å². The summed E-state index contributed by atoms with van der Waals surface area (Å²) in [6.07, 6.45) is 0. The van der Waals surface area contributed by atoms with Crippen LogP contribution in [0.5, 0.6) is 0 Å². The summed E-state index contributed by atoms with van der Waals surface area (Å²) in [7, 11) is 0. The van der Waals surface area contributed by atoms with Gasteiger partial charge in [-0.15, -0.1) is 0 Å². The summed E-state index contributed by atoms with van der Waals surface area (Å²) in [4.78, 5) is 20.7. The van der Waals surface area contributed by atoms with E-state index in [2.05, 4.69) is 5.32 Å². The minimum atomic E-state index is -0.175. The Kier molecular flexibility index (Phi) is 1.24. The fourth-order valence-corrected chi connectivity index (χ4v) is 0.615. The number of rotatable bonds is 0. The first-order chi connectivity index (χ1) is 3.79. The predicted octanol–water partition coefficient (Wildman–Crippen LogP) is -1.10. The summed E-state index contributed by atoms with van der Waals surface area (Å²) < 4.78 is 0.749. The number of carbonyl (C=O) groups excluding carboxylic acids is 1. The SMILES string of the molecule is O=C1C[N+](=O)CCN1. The lowest BCUT2D eigenvalue weighted by Crippen LogP contribution is -2.41. The quantitative estimate of drug-likeness (QED) is 0.407. The van der Waals surface area contributed by atoms with Crippen molar-refractivity contribution in [3.05, 3.63) is 4.91 Å². The Morgan fingerprint density at radius 1 is 1.62 bits per heavy atom. The lowest BCUT2D eigenvalue weighted by atomic mass is 10.4. The molecule has 1 fully saturated rings. The van der Waals surface area contributed by atoms with Crippen molar-refractivity contribution < 1.29 is 9.55 Å². The van der Waals surface area contributed by atoms with Crippen LogP contribution < -0.4 is 5.32 Å². The molecule has 44 valence electrons. The third-order valence-corrected chi connectivity index (χ3v) is 1.00. The van der Waals surface area contributed by atoms with Gasteiger partial charge in [0.25, 0.3) is 12.5 Å². The minimum Gasteiger partial charge on any atom is -0.344 e. The highest BCUT2D eigenvalue weighted by Gasteiger charge is 2.19. The molecule has 4 heteroatoms. The van der Waals surface area contributed by atoms with Gasteiger partial charge in [0.2, 0.25) is 6.54 Å². The third kappa shape index (κ3) is 1.02. The van der Waals surface area contributed by atoms with E-state index in [0.29, 0.717) is 13.1 Å². The number of nitrogens with zero attached hydrogens (tertiary/aromatic N) is 1. The molecule has 0 aromatic rings. The lowest BCUT2D eigenvalue weighted by molar-refractivity contribution is -0.540. The second-order valence-corrected chi connectivity index (χ2v) is 1.71. The van der Waals surface area contributed by atoms with Gasteiger partial charge in [-0.05, 0) is 0 Å². The molecule has 0 atom stereocenters. The monoisotopic (exact) mass is 115 g/mol. The van der Waals surface area contributed by atoms with E-state index in [0.717, 1.165) is 4.76 Å². The Morgan fingerprint density at radius 2 is 2.38 bits per heavy atom. The maximum Gasteiger partial charge on any atom is 0.290 e. The number of hydrogen-bond donors (Lipinski definition) is 1. The lowest BCUT2D eigenvalue weighted by Gasteiger charge is -2.02. The minimum absolute atomic E-state index is 0.000000000000000222. The Labute approximate surface area is 46.4 Å². The molecule has 0 aliphatic carbocycles. The van der Waals surface area contributed by atoms with Crippen molar-refractivity contribution in [2.75, 3.05) is 19.6 Å². The van der Waals surface area contributed by atoms with E-state index in [1.165, 1.54) is 0 Å². The highest BCUT2D eigenvalue weighted by atomic mass is 16.3. The van der Waals surface area contributed by atoms with Gasteiger partial charge < -0.3 is 5.32 Å². The molecule has 1 N–H and O–H groups in total. The van der Waals surface area contributed by atoms with Gasteiger partial charge in [0, 0.05) is 9.67 Å². The zero-order valence-corrected chi connectivity index (χ0v) is 4.39. The summed E-state index contributed by atoms with van der Waals surface area (Å²) in [5.41, 5.74) is 0. The highest BCUT2D eigenvalue weighted by molar-refractivity contribution is 5.77. The van der Waals surface area contributed by atoms with Gasteiger partial charge in [-0.2, -0.15) is 0 Å². The van der Waals surface area contributed by atoms with Crippen LogP contribution in [0.1, 0.15) is 0 Å². The molecule has 1 aliphatic rings. The van der Waals surface area contributed by atoms with Crippen LogP contribution in [-0.2, 0) is 4.79 Å². The van der Waals surface area contributed by atoms with Crippen LogP contribution in [0.3, 0.4) is 0 Å². The van der Waals surface area contributed by atoms with E-state index in [-0.39, 0.29) is 12.5 Å². The molecule has 1 heterocycles. The first-order valence-corrected chi connectivity index (χ1v) is 2.48. The van der Waals surface area contributed by atoms with Crippen LogP contribution in [0.4, 0.5) is 0 Å². The Hall–Kier alpha value is -0.930. The molecule has 8 heavy (non-hydrogen) atoms. The summed E-state index contributed by atoms with van der Waals surface area (Å²) in [5.74, 6) is -0.175.